The molecule has 2 heterocycles. The van der Waals surface area contributed by atoms with Crippen molar-refractivity contribution in [3.05, 3.63) is 42.1 Å². The van der Waals surface area contributed by atoms with Crippen molar-refractivity contribution in [2.75, 3.05) is 24.9 Å². The second kappa shape index (κ2) is 10.4. The largest absolute Gasteiger partial charge is 0.497 e. The third-order valence-electron chi connectivity index (χ3n) is 4.89. The Kier molecular flexibility index (Phi) is 7.42. The highest BCUT2D eigenvalue weighted by molar-refractivity contribution is 5.89. The summed E-state index contributed by atoms with van der Waals surface area (Å²) in [6.07, 6.45) is 4.12. The van der Waals surface area contributed by atoms with E-state index >= 15 is 0 Å². The molecule has 31 heavy (non-hydrogen) atoms. The van der Waals surface area contributed by atoms with Gasteiger partial charge in [-0.05, 0) is 30.7 Å². The van der Waals surface area contributed by atoms with Crippen molar-refractivity contribution in [3.8, 4) is 11.5 Å². The van der Waals surface area contributed by atoms with Crippen molar-refractivity contribution >= 4 is 28.7 Å². The number of anilines is 2. The summed E-state index contributed by atoms with van der Waals surface area (Å²) < 4.78 is 10.7. The van der Waals surface area contributed by atoms with Crippen LogP contribution in [0.4, 0.5) is 11.8 Å². The summed E-state index contributed by atoms with van der Waals surface area (Å²) in [6.45, 7) is 2.50. The standard InChI is InChI=1S/C22H28N6O3/c1-4-5-7-17(20(23)29)26-21-19-16(8-6-11-24-19)27-22(28-21)25-13-14-9-10-15(30-2)12-18(14)31-3/h6,8-12,17H,4-5,7,13H2,1-3H3,(H2,23,29)(H2,25,26,27,28)/t17-/m1/s1. The van der Waals surface area contributed by atoms with Gasteiger partial charge in [0.25, 0.3) is 0 Å². The third kappa shape index (κ3) is 5.50. The molecule has 0 unspecified atom stereocenters. The quantitative estimate of drug-likeness (QED) is 0.429. The van der Waals surface area contributed by atoms with E-state index in [1.165, 1.54) is 0 Å². The van der Waals surface area contributed by atoms with Gasteiger partial charge in [-0.1, -0.05) is 19.8 Å². The second-order valence-electron chi connectivity index (χ2n) is 7.04. The Labute approximate surface area is 181 Å². The van der Waals surface area contributed by atoms with Crippen LogP contribution in [-0.2, 0) is 11.3 Å². The van der Waals surface area contributed by atoms with E-state index in [0.29, 0.717) is 47.3 Å². The van der Waals surface area contributed by atoms with Gasteiger partial charge in [0.05, 0.1) is 19.7 Å². The Balaban J connectivity index is 1.87. The second-order valence-corrected chi connectivity index (χ2v) is 7.04. The number of pyridine rings is 1. The first-order chi connectivity index (χ1) is 15.0. The number of amides is 1. The van der Waals surface area contributed by atoms with Gasteiger partial charge in [0.15, 0.2) is 5.82 Å². The fourth-order valence-corrected chi connectivity index (χ4v) is 3.18. The number of hydrogen-bond acceptors (Lipinski definition) is 8. The summed E-state index contributed by atoms with van der Waals surface area (Å²) in [5.74, 6) is 1.86. The Morgan fingerprint density at radius 1 is 1.19 bits per heavy atom. The summed E-state index contributed by atoms with van der Waals surface area (Å²) in [5, 5.41) is 6.39. The molecule has 1 amide bonds. The van der Waals surface area contributed by atoms with Crippen LogP contribution in [0.5, 0.6) is 11.5 Å². The Hall–Kier alpha value is -3.62. The zero-order chi connectivity index (χ0) is 22.2. The van der Waals surface area contributed by atoms with Crippen LogP contribution in [0.1, 0.15) is 31.7 Å². The predicted molar refractivity (Wildman–Crippen MR) is 120 cm³/mol. The maximum absolute atomic E-state index is 11.9. The van der Waals surface area contributed by atoms with Gasteiger partial charge >= 0.3 is 0 Å². The molecule has 0 saturated carbocycles. The predicted octanol–water partition coefficient (Wildman–Crippen LogP) is 3.11. The van der Waals surface area contributed by atoms with Gasteiger partial charge in [-0.2, -0.15) is 4.98 Å². The number of carbonyl (C=O) groups excluding carboxylic acids is 1. The highest BCUT2D eigenvalue weighted by Crippen LogP contribution is 2.26. The summed E-state index contributed by atoms with van der Waals surface area (Å²) >= 11 is 0. The summed E-state index contributed by atoms with van der Waals surface area (Å²) in [6, 6.07) is 8.72. The molecule has 0 radical (unpaired) electrons. The number of carbonyl (C=O) groups is 1. The number of aromatic nitrogens is 3. The normalized spacial score (nSPS) is 11.7. The van der Waals surface area contributed by atoms with E-state index in [1.807, 2.05) is 24.3 Å². The first kappa shape index (κ1) is 22.1. The van der Waals surface area contributed by atoms with Crippen molar-refractivity contribution in [1.29, 1.82) is 0 Å². The first-order valence-corrected chi connectivity index (χ1v) is 10.2. The van der Waals surface area contributed by atoms with E-state index in [-0.39, 0.29) is 0 Å². The molecule has 0 aliphatic rings. The van der Waals surface area contributed by atoms with Gasteiger partial charge in [-0.3, -0.25) is 9.78 Å². The summed E-state index contributed by atoms with van der Waals surface area (Å²) in [5.41, 5.74) is 7.75. The smallest absolute Gasteiger partial charge is 0.239 e. The molecule has 0 fully saturated rings. The molecule has 1 aromatic carbocycles. The number of nitrogens with one attached hydrogen (secondary N) is 2. The number of benzene rings is 1. The van der Waals surface area contributed by atoms with E-state index in [2.05, 4.69) is 32.5 Å². The van der Waals surface area contributed by atoms with E-state index in [9.17, 15) is 4.79 Å². The van der Waals surface area contributed by atoms with E-state index in [1.54, 1.807) is 26.5 Å². The van der Waals surface area contributed by atoms with Crippen molar-refractivity contribution in [2.24, 2.45) is 5.73 Å². The molecule has 9 heteroatoms. The Bertz CT molecular complexity index is 1040. The lowest BCUT2D eigenvalue weighted by Gasteiger charge is -2.17. The first-order valence-electron chi connectivity index (χ1n) is 10.2. The van der Waals surface area contributed by atoms with Crippen LogP contribution in [0.25, 0.3) is 11.0 Å². The molecule has 0 bridgehead atoms. The fourth-order valence-electron chi connectivity index (χ4n) is 3.18. The molecule has 1 atom stereocenters. The minimum Gasteiger partial charge on any atom is -0.497 e. The number of unbranched alkanes of at least 4 members (excludes halogenated alkanes) is 1. The number of rotatable bonds is 11. The minimum atomic E-state index is -0.533. The molecular weight excluding hydrogens is 396 g/mol. The average molecular weight is 425 g/mol. The third-order valence-corrected chi connectivity index (χ3v) is 4.89. The highest BCUT2D eigenvalue weighted by Gasteiger charge is 2.18. The van der Waals surface area contributed by atoms with Crippen LogP contribution >= 0.6 is 0 Å². The number of fused-ring (bicyclic) bond motifs is 1. The van der Waals surface area contributed by atoms with Crippen molar-refractivity contribution in [3.63, 3.8) is 0 Å². The lowest BCUT2D eigenvalue weighted by atomic mass is 10.1. The maximum atomic E-state index is 11.9. The topological polar surface area (TPSA) is 124 Å². The number of nitrogens with zero attached hydrogens (tertiary/aromatic N) is 3. The molecule has 3 aromatic rings. The van der Waals surface area contributed by atoms with Crippen LogP contribution in [0.3, 0.4) is 0 Å². The molecule has 3 rings (SSSR count). The van der Waals surface area contributed by atoms with Gasteiger partial charge < -0.3 is 25.8 Å². The van der Waals surface area contributed by atoms with Crippen LogP contribution in [-0.4, -0.2) is 41.1 Å². The van der Waals surface area contributed by atoms with E-state index < -0.39 is 11.9 Å². The molecule has 0 aliphatic carbocycles. The lowest BCUT2D eigenvalue weighted by Crippen LogP contribution is -2.35. The molecule has 0 saturated heterocycles. The number of primary amides is 1. The van der Waals surface area contributed by atoms with E-state index in [4.69, 9.17) is 15.2 Å². The monoisotopic (exact) mass is 424 g/mol. The molecular formula is C22H28N6O3. The fraction of sp³-hybridized carbons (Fsp3) is 0.364. The molecule has 2 aromatic heterocycles. The van der Waals surface area contributed by atoms with Crippen LogP contribution in [0.15, 0.2) is 36.5 Å². The Morgan fingerprint density at radius 3 is 2.74 bits per heavy atom. The van der Waals surface area contributed by atoms with Crippen molar-refractivity contribution < 1.29 is 14.3 Å². The maximum Gasteiger partial charge on any atom is 0.239 e. The molecule has 0 spiro atoms. The summed E-state index contributed by atoms with van der Waals surface area (Å²) in [7, 11) is 3.22. The highest BCUT2D eigenvalue weighted by atomic mass is 16.5. The minimum absolute atomic E-state index is 0.402. The van der Waals surface area contributed by atoms with Crippen LogP contribution in [0, 0.1) is 0 Å². The van der Waals surface area contributed by atoms with E-state index in [0.717, 1.165) is 18.4 Å². The van der Waals surface area contributed by atoms with Crippen molar-refractivity contribution in [2.45, 2.75) is 38.8 Å². The summed E-state index contributed by atoms with van der Waals surface area (Å²) in [4.78, 5) is 25.4. The number of hydrogen-bond donors (Lipinski definition) is 3. The zero-order valence-corrected chi connectivity index (χ0v) is 18.0. The van der Waals surface area contributed by atoms with Gasteiger partial charge in [-0.15, -0.1) is 0 Å². The number of methoxy groups -OCH3 is 2. The van der Waals surface area contributed by atoms with Gasteiger partial charge in [-0.25, -0.2) is 4.98 Å². The Morgan fingerprint density at radius 2 is 2.03 bits per heavy atom. The molecule has 164 valence electrons. The number of nitrogens with two attached hydrogens (primary N) is 1. The van der Waals surface area contributed by atoms with Crippen LogP contribution in [0.2, 0.25) is 0 Å². The van der Waals surface area contributed by atoms with Gasteiger partial charge in [0.2, 0.25) is 11.9 Å². The molecule has 0 aliphatic heterocycles. The SMILES string of the molecule is CCCC[C@@H](Nc1nc(NCc2ccc(OC)cc2OC)nc2cccnc12)C(N)=O. The lowest BCUT2D eigenvalue weighted by molar-refractivity contribution is -0.118. The average Bonchev–Trinajstić information content (AvgIpc) is 2.79. The molecule has 9 nitrogen and oxygen atoms in total. The van der Waals surface area contributed by atoms with Crippen LogP contribution < -0.4 is 25.8 Å². The van der Waals surface area contributed by atoms with Gasteiger partial charge in [0, 0.05) is 24.4 Å². The van der Waals surface area contributed by atoms with Crippen molar-refractivity contribution in [1.82, 2.24) is 15.0 Å². The molecule has 4 N–H and O–H groups in total. The zero-order valence-electron chi connectivity index (χ0n) is 18.0. The number of ether oxygens (including phenoxy) is 2. The van der Waals surface area contributed by atoms with Gasteiger partial charge in [0.1, 0.15) is 23.1 Å².